The van der Waals surface area contributed by atoms with Gasteiger partial charge in [0.05, 0.1) is 4.21 Å². The molecule has 1 aliphatic heterocycles. The summed E-state index contributed by atoms with van der Waals surface area (Å²) >= 11 is 2.81. The van der Waals surface area contributed by atoms with Gasteiger partial charge in [0.15, 0.2) is 0 Å². The van der Waals surface area contributed by atoms with Gasteiger partial charge in [-0.3, -0.25) is 4.79 Å². The van der Waals surface area contributed by atoms with Crippen LogP contribution in [0.5, 0.6) is 0 Å². The minimum Gasteiger partial charge on any atom is -0.265 e. The van der Waals surface area contributed by atoms with Crippen molar-refractivity contribution in [1.29, 1.82) is 0 Å². The van der Waals surface area contributed by atoms with E-state index in [1.807, 2.05) is 10.8 Å². The molecule has 0 aromatic carbocycles. The Morgan fingerprint density at radius 3 is 3.00 bits per heavy atom. The van der Waals surface area contributed by atoms with Gasteiger partial charge in [0.1, 0.15) is 0 Å². The van der Waals surface area contributed by atoms with Gasteiger partial charge in [-0.05, 0) is 17.2 Å². The smallest absolute Gasteiger partial charge is 0.265 e. The van der Waals surface area contributed by atoms with Crippen molar-refractivity contribution < 1.29 is 0 Å². The molecule has 1 aromatic heterocycles. The van der Waals surface area contributed by atoms with Gasteiger partial charge in [0.2, 0.25) is 0 Å². The molecule has 1 nitrogen and oxygen atoms in total. The van der Waals surface area contributed by atoms with E-state index in [-0.39, 0.29) is 4.06 Å². The number of fused-ring (bicyclic) bond motifs is 1. The summed E-state index contributed by atoms with van der Waals surface area (Å²) in [7, 11) is 3.60. The first-order valence-corrected chi connectivity index (χ1v) is 6.74. The fourth-order valence-corrected chi connectivity index (χ4v) is 6.16. The molecular weight excluding hydrogens is 204 g/mol. The van der Waals surface area contributed by atoms with Crippen LogP contribution in [0, 0.1) is 0 Å². The Hall–Kier alpha value is 0.550. The molecule has 0 amide bonds. The summed E-state index contributed by atoms with van der Waals surface area (Å²) in [6.45, 7) is 0. The second-order valence-corrected chi connectivity index (χ2v) is 6.81. The van der Waals surface area contributed by atoms with E-state index in [9.17, 15) is 4.79 Å². The molecule has 0 atom stereocenters. The van der Waals surface area contributed by atoms with E-state index in [0.717, 1.165) is 12.2 Å². The Morgan fingerprint density at radius 1 is 1.30 bits per heavy atom. The fraction of sp³-hybridized carbons (Fsp3) is 0.400. The molecule has 0 fully saturated rings. The molecule has 0 unspecified atom stereocenters. The number of hydrogen-bond acceptors (Lipinski definition) is 5. The highest BCUT2D eigenvalue weighted by atomic mass is 33.1. The zero-order chi connectivity index (χ0) is 6.97. The Kier molecular flexibility index (Phi) is 2.08. The van der Waals surface area contributed by atoms with Crippen LogP contribution in [0.15, 0.2) is 9.00 Å². The van der Waals surface area contributed by atoms with E-state index in [2.05, 4.69) is 0 Å². The minimum absolute atomic E-state index is 0.250. The molecule has 0 saturated carbocycles. The first-order valence-electron chi connectivity index (χ1n) is 2.78. The van der Waals surface area contributed by atoms with Crippen molar-refractivity contribution in [1.82, 2.24) is 0 Å². The van der Waals surface area contributed by atoms with E-state index in [0.29, 0.717) is 0 Å². The fourth-order valence-electron chi connectivity index (χ4n) is 0.742. The molecule has 5 heteroatoms. The van der Waals surface area contributed by atoms with Crippen LogP contribution in [0.2, 0.25) is 0 Å². The van der Waals surface area contributed by atoms with Crippen LogP contribution in [-0.4, -0.2) is 5.75 Å². The standard InChI is InChI=1S/C5H4OS4/c6-5-8-3-1-2-7-10-4(3)9-5/h1-2H2. The molecule has 0 aliphatic carbocycles. The van der Waals surface area contributed by atoms with E-state index < -0.39 is 0 Å². The topological polar surface area (TPSA) is 17.1 Å². The van der Waals surface area contributed by atoms with E-state index >= 15 is 0 Å². The molecule has 0 spiro atoms. The first kappa shape index (κ1) is 7.21. The molecule has 0 saturated heterocycles. The lowest BCUT2D eigenvalue weighted by molar-refractivity contribution is 1.17. The van der Waals surface area contributed by atoms with Crippen LogP contribution >= 0.6 is 44.3 Å². The summed E-state index contributed by atoms with van der Waals surface area (Å²) in [5.41, 5.74) is 0. The normalized spacial score (nSPS) is 16.8. The second kappa shape index (κ2) is 2.89. The first-order chi connectivity index (χ1) is 4.86. The minimum atomic E-state index is 0.250. The van der Waals surface area contributed by atoms with E-state index in [1.165, 1.54) is 31.8 Å². The Morgan fingerprint density at radius 2 is 2.20 bits per heavy atom. The zero-order valence-electron chi connectivity index (χ0n) is 4.96. The SMILES string of the molecule is O=c1sc2c(s1)SSCC2. The quantitative estimate of drug-likeness (QED) is 0.610. The maximum atomic E-state index is 10.9. The molecule has 54 valence electrons. The van der Waals surface area contributed by atoms with Gasteiger partial charge in [-0.25, -0.2) is 0 Å². The largest absolute Gasteiger partial charge is 0.288 e. The van der Waals surface area contributed by atoms with Crippen molar-refractivity contribution in [3.8, 4) is 0 Å². The van der Waals surface area contributed by atoms with Gasteiger partial charge in [0, 0.05) is 10.6 Å². The molecular formula is C5H4OS4. The third-order valence-electron chi connectivity index (χ3n) is 1.16. The summed E-state index contributed by atoms with van der Waals surface area (Å²) < 4.78 is 1.49. The Bertz CT molecular complexity index is 260. The molecule has 1 aliphatic rings. The Labute approximate surface area is 74.3 Å². The van der Waals surface area contributed by atoms with Crippen LogP contribution < -0.4 is 4.06 Å². The van der Waals surface area contributed by atoms with Crippen LogP contribution in [-0.2, 0) is 6.42 Å². The van der Waals surface area contributed by atoms with Gasteiger partial charge in [0.25, 0.3) is 4.06 Å². The molecule has 1 aromatic rings. The molecule has 2 rings (SSSR count). The predicted molar refractivity (Wildman–Crippen MR) is 50.5 cm³/mol. The predicted octanol–water partition coefficient (Wildman–Crippen LogP) is 2.47. The average molecular weight is 208 g/mol. The van der Waals surface area contributed by atoms with Crippen LogP contribution in [0.25, 0.3) is 0 Å². The number of hydrogen-bond donors (Lipinski definition) is 0. The van der Waals surface area contributed by atoms with Crippen LogP contribution in [0.3, 0.4) is 0 Å². The van der Waals surface area contributed by atoms with Gasteiger partial charge in [-0.2, -0.15) is 0 Å². The zero-order valence-corrected chi connectivity index (χ0v) is 8.22. The van der Waals surface area contributed by atoms with Gasteiger partial charge in [-0.15, -0.1) is 0 Å². The van der Waals surface area contributed by atoms with E-state index in [1.54, 1.807) is 10.8 Å². The maximum Gasteiger partial charge on any atom is 0.288 e. The summed E-state index contributed by atoms with van der Waals surface area (Å²) in [6, 6.07) is 0. The second-order valence-electron chi connectivity index (χ2n) is 1.82. The van der Waals surface area contributed by atoms with Crippen molar-refractivity contribution in [2.45, 2.75) is 10.6 Å². The molecule has 0 N–H and O–H groups in total. The van der Waals surface area contributed by atoms with Crippen molar-refractivity contribution in [2.24, 2.45) is 0 Å². The highest BCUT2D eigenvalue weighted by Crippen LogP contribution is 2.42. The third-order valence-corrected chi connectivity index (χ3v) is 6.39. The molecule has 2 heterocycles. The van der Waals surface area contributed by atoms with Crippen LogP contribution in [0.1, 0.15) is 4.88 Å². The van der Waals surface area contributed by atoms with Crippen molar-refractivity contribution >= 4 is 44.3 Å². The summed E-state index contributed by atoms with van der Waals surface area (Å²) in [5, 5.41) is 0. The highest BCUT2D eigenvalue weighted by Gasteiger charge is 2.13. The molecule has 0 bridgehead atoms. The lowest BCUT2D eigenvalue weighted by atomic mass is 10.4. The van der Waals surface area contributed by atoms with Crippen LogP contribution in [0.4, 0.5) is 0 Å². The molecule has 10 heavy (non-hydrogen) atoms. The van der Waals surface area contributed by atoms with Gasteiger partial charge in [-0.1, -0.05) is 33.5 Å². The lowest BCUT2D eigenvalue weighted by Crippen LogP contribution is -1.88. The highest BCUT2D eigenvalue weighted by molar-refractivity contribution is 8.77. The summed E-state index contributed by atoms with van der Waals surface area (Å²) in [4.78, 5) is 12.2. The number of aryl methyl sites for hydroxylation is 1. The maximum absolute atomic E-state index is 10.9. The third kappa shape index (κ3) is 1.28. The van der Waals surface area contributed by atoms with Crippen molar-refractivity contribution in [3.05, 3.63) is 13.7 Å². The number of rotatable bonds is 0. The van der Waals surface area contributed by atoms with E-state index in [4.69, 9.17) is 0 Å². The summed E-state index contributed by atoms with van der Waals surface area (Å²) in [6.07, 6.45) is 1.09. The summed E-state index contributed by atoms with van der Waals surface area (Å²) in [5.74, 6) is 1.16. The lowest BCUT2D eigenvalue weighted by Gasteiger charge is -2.05. The van der Waals surface area contributed by atoms with Gasteiger partial charge >= 0.3 is 0 Å². The molecule has 0 radical (unpaired) electrons. The van der Waals surface area contributed by atoms with Crippen molar-refractivity contribution in [2.75, 3.05) is 5.75 Å². The monoisotopic (exact) mass is 208 g/mol. The van der Waals surface area contributed by atoms with Gasteiger partial charge < -0.3 is 0 Å². The Balaban J connectivity index is 2.50. The average Bonchev–Trinajstić information content (AvgIpc) is 2.27. The van der Waals surface area contributed by atoms with Crippen molar-refractivity contribution in [3.63, 3.8) is 0 Å².